The molecule has 4 nitrogen and oxygen atoms in total. The van der Waals surface area contributed by atoms with Crippen molar-refractivity contribution >= 4 is 6.16 Å². The molecule has 0 atom stereocenters. The lowest BCUT2D eigenvalue weighted by molar-refractivity contribution is -0.165. The Labute approximate surface area is 79.6 Å². The molecule has 0 aliphatic carbocycles. The van der Waals surface area contributed by atoms with Crippen LogP contribution >= 0.6 is 0 Å². The van der Waals surface area contributed by atoms with E-state index in [1.807, 2.05) is 0 Å². The zero-order chi connectivity index (χ0) is 11.6. The molecule has 14 heavy (non-hydrogen) atoms. The van der Waals surface area contributed by atoms with E-state index in [9.17, 15) is 18.0 Å². The highest BCUT2D eigenvalue weighted by molar-refractivity contribution is 5.59. The molecule has 0 heterocycles. The highest BCUT2D eigenvalue weighted by Crippen LogP contribution is 2.14. The third-order valence-electron chi connectivity index (χ3n) is 0.616. The second-order valence-corrected chi connectivity index (χ2v) is 1.90. The predicted octanol–water partition coefficient (Wildman–Crippen LogP) is 1.72. The minimum Gasteiger partial charge on any atom is -0.435 e. The van der Waals surface area contributed by atoms with Crippen LogP contribution in [0, 0.1) is 0 Å². The lowest BCUT2D eigenvalue weighted by Crippen LogP contribution is -2.20. The number of hydrogen-bond acceptors (Lipinski definition) is 4. The molecule has 0 radical (unpaired) electrons. The SMILES string of the molecule is CCO.CCOC(=O)OCC(F)(F)F. The van der Waals surface area contributed by atoms with Gasteiger partial charge in [0.1, 0.15) is 0 Å². The monoisotopic (exact) mass is 218 g/mol. The van der Waals surface area contributed by atoms with Gasteiger partial charge in [-0.1, -0.05) is 0 Å². The quantitative estimate of drug-likeness (QED) is 0.717. The fourth-order valence-electron chi connectivity index (χ4n) is 0.300. The first-order valence-electron chi connectivity index (χ1n) is 3.84. The van der Waals surface area contributed by atoms with Crippen LogP contribution in [0.25, 0.3) is 0 Å². The summed E-state index contributed by atoms with van der Waals surface area (Å²) in [5.74, 6) is 0. The van der Waals surface area contributed by atoms with Crippen molar-refractivity contribution in [2.75, 3.05) is 19.8 Å². The Morgan fingerprint density at radius 3 is 2.00 bits per heavy atom. The van der Waals surface area contributed by atoms with E-state index in [0.29, 0.717) is 0 Å². The van der Waals surface area contributed by atoms with Crippen LogP contribution in [0.15, 0.2) is 0 Å². The number of carbonyl (C=O) groups excluding carboxylic acids is 1. The lowest BCUT2D eigenvalue weighted by Gasteiger charge is -2.06. The summed E-state index contributed by atoms with van der Waals surface area (Å²) in [4.78, 5) is 10.1. The number of hydrogen-bond donors (Lipinski definition) is 1. The van der Waals surface area contributed by atoms with Crippen LogP contribution in [0.5, 0.6) is 0 Å². The molecule has 86 valence electrons. The average molecular weight is 218 g/mol. The van der Waals surface area contributed by atoms with Crippen LogP contribution in [0.1, 0.15) is 13.8 Å². The number of aliphatic hydroxyl groups is 1. The van der Waals surface area contributed by atoms with E-state index < -0.39 is 18.9 Å². The Bertz CT molecular complexity index is 146. The summed E-state index contributed by atoms with van der Waals surface area (Å²) >= 11 is 0. The largest absolute Gasteiger partial charge is 0.508 e. The first kappa shape index (κ1) is 15.5. The van der Waals surface area contributed by atoms with Crippen molar-refractivity contribution in [2.45, 2.75) is 20.0 Å². The van der Waals surface area contributed by atoms with Gasteiger partial charge in [-0.05, 0) is 13.8 Å². The van der Waals surface area contributed by atoms with Gasteiger partial charge >= 0.3 is 12.3 Å². The molecule has 0 rings (SSSR count). The van der Waals surface area contributed by atoms with E-state index in [4.69, 9.17) is 5.11 Å². The summed E-state index contributed by atoms with van der Waals surface area (Å²) in [6.07, 6.45) is -5.79. The third-order valence-corrected chi connectivity index (χ3v) is 0.616. The fraction of sp³-hybridized carbons (Fsp3) is 0.857. The molecule has 0 saturated heterocycles. The number of carbonyl (C=O) groups is 1. The molecule has 0 fully saturated rings. The molecule has 0 unspecified atom stereocenters. The van der Waals surface area contributed by atoms with Gasteiger partial charge in [0.05, 0.1) is 6.61 Å². The maximum absolute atomic E-state index is 11.3. The number of rotatable bonds is 2. The van der Waals surface area contributed by atoms with E-state index >= 15 is 0 Å². The molecule has 0 aliphatic rings. The van der Waals surface area contributed by atoms with Crippen LogP contribution in [-0.4, -0.2) is 37.3 Å². The van der Waals surface area contributed by atoms with Crippen molar-refractivity contribution in [3.05, 3.63) is 0 Å². The van der Waals surface area contributed by atoms with Crippen LogP contribution < -0.4 is 0 Å². The zero-order valence-corrected chi connectivity index (χ0v) is 7.93. The highest BCUT2D eigenvalue weighted by atomic mass is 19.4. The Balaban J connectivity index is 0. The van der Waals surface area contributed by atoms with E-state index in [0.717, 1.165) is 0 Å². The fourth-order valence-corrected chi connectivity index (χ4v) is 0.300. The van der Waals surface area contributed by atoms with Crippen LogP contribution in [-0.2, 0) is 9.47 Å². The second kappa shape index (κ2) is 8.61. The first-order valence-corrected chi connectivity index (χ1v) is 3.84. The molecule has 0 aromatic heterocycles. The average Bonchev–Trinajstić information content (AvgIpc) is 2.02. The number of alkyl halides is 3. The van der Waals surface area contributed by atoms with Crippen LogP contribution in [0.2, 0.25) is 0 Å². The van der Waals surface area contributed by atoms with Crippen molar-refractivity contribution < 1.29 is 32.5 Å². The normalized spacial score (nSPS) is 9.86. The molecule has 0 bridgehead atoms. The smallest absolute Gasteiger partial charge is 0.435 e. The molecule has 0 aromatic carbocycles. The summed E-state index contributed by atoms with van der Waals surface area (Å²) in [5.41, 5.74) is 0. The van der Waals surface area contributed by atoms with Crippen molar-refractivity contribution in [1.82, 2.24) is 0 Å². The summed E-state index contributed by atoms with van der Waals surface area (Å²) < 4.78 is 41.7. The van der Waals surface area contributed by atoms with Crippen molar-refractivity contribution in [3.8, 4) is 0 Å². The van der Waals surface area contributed by atoms with E-state index in [2.05, 4.69) is 9.47 Å². The summed E-state index contributed by atoms with van der Waals surface area (Å²) in [6.45, 7) is 1.79. The number of halogens is 3. The summed E-state index contributed by atoms with van der Waals surface area (Å²) in [5, 5.41) is 7.57. The van der Waals surface area contributed by atoms with Gasteiger partial charge in [-0.15, -0.1) is 0 Å². The van der Waals surface area contributed by atoms with Gasteiger partial charge in [-0.25, -0.2) is 4.79 Å². The Hall–Kier alpha value is -0.980. The van der Waals surface area contributed by atoms with Gasteiger partial charge in [0, 0.05) is 6.61 Å². The lowest BCUT2D eigenvalue weighted by atomic mass is 10.7. The predicted molar refractivity (Wildman–Crippen MR) is 41.8 cm³/mol. The summed E-state index contributed by atoms with van der Waals surface area (Å²) in [7, 11) is 0. The topological polar surface area (TPSA) is 55.8 Å². The summed E-state index contributed by atoms with van der Waals surface area (Å²) in [6, 6.07) is 0. The van der Waals surface area contributed by atoms with E-state index in [1.165, 1.54) is 6.92 Å². The number of ether oxygens (including phenoxy) is 2. The molecule has 0 saturated carbocycles. The minimum atomic E-state index is -4.49. The Morgan fingerprint density at radius 1 is 1.29 bits per heavy atom. The Kier molecular flexibility index (Phi) is 9.53. The minimum absolute atomic E-state index is 0.00328. The molecule has 0 amide bonds. The van der Waals surface area contributed by atoms with Gasteiger partial charge in [0.25, 0.3) is 0 Å². The maximum Gasteiger partial charge on any atom is 0.508 e. The van der Waals surface area contributed by atoms with Gasteiger partial charge in [-0.2, -0.15) is 13.2 Å². The standard InChI is InChI=1S/C5H7F3O3.C2H6O/c1-2-10-4(9)11-3-5(6,7)8;1-2-3/h2-3H2,1H3;3H,2H2,1H3. The van der Waals surface area contributed by atoms with Gasteiger partial charge < -0.3 is 14.6 Å². The van der Waals surface area contributed by atoms with Crippen LogP contribution in [0.3, 0.4) is 0 Å². The maximum atomic E-state index is 11.3. The molecule has 0 aromatic rings. The molecular weight excluding hydrogens is 205 g/mol. The zero-order valence-electron chi connectivity index (χ0n) is 7.93. The molecule has 0 aliphatic heterocycles. The third kappa shape index (κ3) is 17.2. The van der Waals surface area contributed by atoms with Crippen molar-refractivity contribution in [3.63, 3.8) is 0 Å². The van der Waals surface area contributed by atoms with Crippen molar-refractivity contribution in [1.29, 1.82) is 0 Å². The van der Waals surface area contributed by atoms with Gasteiger partial charge in [-0.3, -0.25) is 0 Å². The van der Waals surface area contributed by atoms with Crippen LogP contribution in [0.4, 0.5) is 18.0 Å². The number of aliphatic hydroxyl groups excluding tert-OH is 1. The van der Waals surface area contributed by atoms with E-state index in [1.54, 1.807) is 6.92 Å². The van der Waals surface area contributed by atoms with Crippen molar-refractivity contribution in [2.24, 2.45) is 0 Å². The molecule has 7 heteroatoms. The van der Waals surface area contributed by atoms with Gasteiger partial charge in [0.15, 0.2) is 6.61 Å². The van der Waals surface area contributed by atoms with Gasteiger partial charge in [0.2, 0.25) is 0 Å². The first-order chi connectivity index (χ1) is 6.37. The van der Waals surface area contributed by atoms with E-state index in [-0.39, 0.29) is 13.2 Å². The molecule has 0 spiro atoms. The molecule has 1 N–H and O–H groups in total. The molecular formula is C7H13F3O4. The highest BCUT2D eigenvalue weighted by Gasteiger charge is 2.29. The second-order valence-electron chi connectivity index (χ2n) is 1.90. The Morgan fingerprint density at radius 2 is 1.71 bits per heavy atom.